The smallest absolute Gasteiger partial charge is 0.318 e. The van der Waals surface area contributed by atoms with E-state index in [1.54, 1.807) is 7.11 Å². The number of nitrogens with two attached hydrogens (primary N) is 1. The summed E-state index contributed by atoms with van der Waals surface area (Å²) in [6.45, 7) is 0. The van der Waals surface area contributed by atoms with Crippen LogP contribution in [0.2, 0.25) is 0 Å². The van der Waals surface area contributed by atoms with Crippen LogP contribution in [0.5, 0.6) is 5.75 Å². The second-order valence-electron chi connectivity index (χ2n) is 6.40. The van der Waals surface area contributed by atoms with Crippen LogP contribution in [0.1, 0.15) is 38.1 Å². The van der Waals surface area contributed by atoms with Gasteiger partial charge in [0.1, 0.15) is 5.75 Å². The van der Waals surface area contributed by atoms with Crippen LogP contribution >= 0.6 is 11.8 Å². The second-order valence-corrected chi connectivity index (χ2v) is 7.34. The lowest BCUT2D eigenvalue weighted by Gasteiger charge is -2.25. The highest BCUT2D eigenvalue weighted by molar-refractivity contribution is 7.99. The fourth-order valence-electron chi connectivity index (χ4n) is 3.28. The fraction of sp³-hybridized carbons (Fsp3) is 0.444. The normalized spacial score (nSPS) is 14.7. The number of nitrogens with one attached hydrogen (secondary N) is 1. The average Bonchev–Trinajstić information content (AvgIpc) is 3.10. The number of imide groups is 1. The first-order valence-corrected chi connectivity index (χ1v) is 9.88. The SMILES string of the molecule is COc1ccc(-c2nnc(SCC(=O)NC(N)=O)n2C2CCCCC2)cc1. The van der Waals surface area contributed by atoms with E-state index in [0.29, 0.717) is 11.2 Å². The Morgan fingerprint density at radius 1 is 1.22 bits per heavy atom. The molecule has 3 amide bonds. The zero-order valence-electron chi connectivity index (χ0n) is 15.2. The molecule has 27 heavy (non-hydrogen) atoms. The predicted molar refractivity (Wildman–Crippen MR) is 103 cm³/mol. The number of thioether (sulfide) groups is 1. The van der Waals surface area contributed by atoms with Gasteiger partial charge in [-0.25, -0.2) is 4.79 Å². The molecule has 1 fully saturated rings. The van der Waals surface area contributed by atoms with Crippen molar-refractivity contribution in [3.8, 4) is 17.1 Å². The lowest BCUT2D eigenvalue weighted by molar-refractivity contribution is -0.117. The predicted octanol–water partition coefficient (Wildman–Crippen LogP) is 2.75. The third kappa shape index (κ3) is 4.79. The number of aromatic nitrogens is 3. The molecule has 0 aliphatic heterocycles. The van der Waals surface area contributed by atoms with Crippen molar-refractivity contribution < 1.29 is 14.3 Å². The maximum Gasteiger partial charge on any atom is 0.318 e. The molecule has 1 aromatic carbocycles. The number of methoxy groups -OCH3 is 1. The van der Waals surface area contributed by atoms with Crippen LogP contribution in [-0.2, 0) is 4.79 Å². The van der Waals surface area contributed by atoms with E-state index in [-0.39, 0.29) is 5.75 Å². The number of urea groups is 1. The first-order chi connectivity index (χ1) is 13.1. The molecule has 0 bridgehead atoms. The van der Waals surface area contributed by atoms with Gasteiger partial charge in [0.15, 0.2) is 11.0 Å². The molecule has 1 aromatic heterocycles. The Kier molecular flexibility index (Phi) is 6.33. The number of rotatable bonds is 6. The van der Waals surface area contributed by atoms with Crippen LogP contribution in [0.4, 0.5) is 4.79 Å². The summed E-state index contributed by atoms with van der Waals surface area (Å²) in [4.78, 5) is 22.6. The number of amides is 3. The molecule has 0 atom stereocenters. The number of ether oxygens (including phenoxy) is 1. The van der Waals surface area contributed by atoms with Gasteiger partial charge in [-0.3, -0.25) is 14.7 Å². The molecule has 3 N–H and O–H groups in total. The molecule has 1 aliphatic carbocycles. The largest absolute Gasteiger partial charge is 0.497 e. The van der Waals surface area contributed by atoms with Gasteiger partial charge in [0.05, 0.1) is 12.9 Å². The first kappa shape index (κ1) is 19.2. The van der Waals surface area contributed by atoms with Crippen LogP contribution in [0.3, 0.4) is 0 Å². The van der Waals surface area contributed by atoms with Gasteiger partial charge in [0, 0.05) is 11.6 Å². The van der Waals surface area contributed by atoms with Crippen molar-refractivity contribution in [3.63, 3.8) is 0 Å². The second kappa shape index (κ2) is 8.90. The fourth-order valence-corrected chi connectivity index (χ4v) is 4.09. The summed E-state index contributed by atoms with van der Waals surface area (Å²) < 4.78 is 7.35. The van der Waals surface area contributed by atoms with E-state index in [1.807, 2.05) is 24.3 Å². The molecule has 1 saturated carbocycles. The molecule has 2 aromatic rings. The van der Waals surface area contributed by atoms with Crippen molar-refractivity contribution in [1.82, 2.24) is 20.1 Å². The van der Waals surface area contributed by atoms with Crippen molar-refractivity contribution in [1.29, 1.82) is 0 Å². The van der Waals surface area contributed by atoms with Crippen LogP contribution in [0, 0.1) is 0 Å². The Bertz CT molecular complexity index is 800. The summed E-state index contributed by atoms with van der Waals surface area (Å²) in [5, 5.41) is 11.4. The summed E-state index contributed by atoms with van der Waals surface area (Å²) in [6, 6.07) is 7.14. The lowest BCUT2D eigenvalue weighted by atomic mass is 9.95. The summed E-state index contributed by atoms with van der Waals surface area (Å²) in [5.41, 5.74) is 5.94. The van der Waals surface area contributed by atoms with E-state index in [2.05, 4.69) is 20.1 Å². The molecule has 0 saturated heterocycles. The van der Waals surface area contributed by atoms with Crippen LogP contribution in [0.25, 0.3) is 11.4 Å². The lowest BCUT2D eigenvalue weighted by Crippen LogP contribution is -2.36. The van der Waals surface area contributed by atoms with Gasteiger partial charge in [-0.2, -0.15) is 0 Å². The van der Waals surface area contributed by atoms with E-state index < -0.39 is 11.9 Å². The first-order valence-electron chi connectivity index (χ1n) is 8.90. The minimum Gasteiger partial charge on any atom is -0.497 e. The minimum absolute atomic E-state index is 0.0520. The zero-order chi connectivity index (χ0) is 19.2. The number of hydrogen-bond acceptors (Lipinski definition) is 6. The van der Waals surface area contributed by atoms with E-state index in [9.17, 15) is 9.59 Å². The third-order valence-corrected chi connectivity index (χ3v) is 5.49. The Morgan fingerprint density at radius 3 is 2.56 bits per heavy atom. The van der Waals surface area contributed by atoms with Gasteiger partial charge in [0.25, 0.3) is 0 Å². The molecule has 9 heteroatoms. The van der Waals surface area contributed by atoms with Crippen molar-refractivity contribution in [2.24, 2.45) is 5.73 Å². The number of carbonyl (C=O) groups excluding carboxylic acids is 2. The van der Waals surface area contributed by atoms with E-state index >= 15 is 0 Å². The molecule has 144 valence electrons. The van der Waals surface area contributed by atoms with Crippen molar-refractivity contribution in [2.75, 3.05) is 12.9 Å². The monoisotopic (exact) mass is 389 g/mol. The summed E-state index contributed by atoms with van der Waals surface area (Å²) in [7, 11) is 1.63. The molecule has 1 aliphatic rings. The van der Waals surface area contributed by atoms with Crippen LogP contribution in [0.15, 0.2) is 29.4 Å². The number of nitrogens with zero attached hydrogens (tertiary/aromatic N) is 3. The van der Waals surface area contributed by atoms with Gasteiger partial charge in [-0.15, -0.1) is 10.2 Å². The highest BCUT2D eigenvalue weighted by Gasteiger charge is 2.24. The third-order valence-electron chi connectivity index (χ3n) is 4.55. The maximum absolute atomic E-state index is 11.8. The van der Waals surface area contributed by atoms with E-state index in [0.717, 1.165) is 42.8 Å². The molecule has 0 unspecified atom stereocenters. The standard InChI is InChI=1S/C18H23N5O3S/c1-26-14-9-7-12(8-10-14)16-21-22-18(27-11-15(24)20-17(19)25)23(16)13-5-3-2-4-6-13/h7-10,13H,2-6,11H2,1H3,(H3,19,20,24,25). The van der Waals surface area contributed by atoms with Gasteiger partial charge in [0.2, 0.25) is 5.91 Å². The maximum atomic E-state index is 11.8. The van der Waals surface area contributed by atoms with Crippen LogP contribution in [-0.4, -0.2) is 39.6 Å². The molecule has 1 heterocycles. The quantitative estimate of drug-likeness (QED) is 0.735. The average molecular weight is 389 g/mol. The van der Waals surface area contributed by atoms with Crippen molar-refractivity contribution in [3.05, 3.63) is 24.3 Å². The zero-order valence-corrected chi connectivity index (χ0v) is 16.0. The molecule has 0 radical (unpaired) electrons. The highest BCUT2D eigenvalue weighted by Crippen LogP contribution is 2.35. The number of hydrogen-bond donors (Lipinski definition) is 2. The topological polar surface area (TPSA) is 112 Å². The van der Waals surface area contributed by atoms with Gasteiger partial charge >= 0.3 is 6.03 Å². The van der Waals surface area contributed by atoms with Gasteiger partial charge < -0.3 is 10.5 Å². The molecular weight excluding hydrogens is 366 g/mol. The minimum atomic E-state index is -0.853. The van der Waals surface area contributed by atoms with E-state index in [4.69, 9.17) is 10.5 Å². The molecule has 0 spiro atoms. The summed E-state index contributed by atoms with van der Waals surface area (Å²) in [5.74, 6) is 1.16. The Morgan fingerprint density at radius 2 is 1.93 bits per heavy atom. The summed E-state index contributed by atoms with van der Waals surface area (Å²) >= 11 is 1.26. The van der Waals surface area contributed by atoms with E-state index in [1.165, 1.54) is 18.2 Å². The number of benzene rings is 1. The van der Waals surface area contributed by atoms with Gasteiger partial charge in [-0.1, -0.05) is 31.0 Å². The molecule has 8 nitrogen and oxygen atoms in total. The van der Waals surface area contributed by atoms with Crippen LogP contribution < -0.4 is 15.8 Å². The van der Waals surface area contributed by atoms with Crippen molar-refractivity contribution in [2.45, 2.75) is 43.3 Å². The Balaban J connectivity index is 1.87. The number of carbonyl (C=O) groups is 2. The number of primary amides is 1. The molecular formula is C18H23N5O3S. The van der Waals surface area contributed by atoms with Crippen molar-refractivity contribution >= 4 is 23.7 Å². The Labute approximate surface area is 161 Å². The van der Waals surface area contributed by atoms with Gasteiger partial charge in [-0.05, 0) is 37.1 Å². The highest BCUT2D eigenvalue weighted by atomic mass is 32.2. The molecule has 3 rings (SSSR count). The summed E-state index contributed by atoms with van der Waals surface area (Å²) in [6.07, 6.45) is 5.68. The Hall–Kier alpha value is -2.55.